The first-order chi connectivity index (χ1) is 13.5. The predicted octanol–water partition coefficient (Wildman–Crippen LogP) is 3.28. The summed E-state index contributed by atoms with van der Waals surface area (Å²) in [6.07, 6.45) is 0. The summed E-state index contributed by atoms with van der Waals surface area (Å²) >= 11 is 5.91. The number of aromatic amines is 1. The molecule has 2 N–H and O–H groups in total. The van der Waals surface area contributed by atoms with E-state index in [-0.39, 0.29) is 24.1 Å². The van der Waals surface area contributed by atoms with Gasteiger partial charge in [0.1, 0.15) is 5.82 Å². The molecule has 0 bridgehead atoms. The van der Waals surface area contributed by atoms with E-state index in [1.807, 2.05) is 49.1 Å². The van der Waals surface area contributed by atoms with Gasteiger partial charge in [-0.15, -0.1) is 0 Å². The van der Waals surface area contributed by atoms with Crippen molar-refractivity contribution in [2.24, 2.45) is 0 Å². The minimum atomic E-state index is -0.169. The number of nitrogens with zero attached hydrogens (tertiary/aromatic N) is 2. The number of carbonyl (C=O) groups is 1. The lowest BCUT2D eigenvalue weighted by Gasteiger charge is -2.21. The molecular formula is C21H23ClN4O2. The molecule has 1 heterocycles. The first-order valence-corrected chi connectivity index (χ1v) is 9.59. The third-order valence-electron chi connectivity index (χ3n) is 4.60. The Morgan fingerprint density at radius 2 is 1.93 bits per heavy atom. The van der Waals surface area contributed by atoms with Gasteiger partial charge in [-0.25, -0.2) is 4.98 Å². The number of para-hydroxylation sites is 1. The van der Waals surface area contributed by atoms with E-state index in [1.54, 1.807) is 18.2 Å². The van der Waals surface area contributed by atoms with Gasteiger partial charge in [0.05, 0.1) is 30.0 Å². The molecule has 2 aromatic carbocycles. The molecule has 146 valence electrons. The lowest BCUT2D eigenvalue weighted by Crippen LogP contribution is -2.38. The molecule has 0 unspecified atom stereocenters. The van der Waals surface area contributed by atoms with E-state index >= 15 is 0 Å². The average Bonchev–Trinajstić information content (AvgIpc) is 2.68. The van der Waals surface area contributed by atoms with Crippen molar-refractivity contribution >= 4 is 28.4 Å². The Morgan fingerprint density at radius 1 is 1.21 bits per heavy atom. The predicted molar refractivity (Wildman–Crippen MR) is 111 cm³/mol. The number of likely N-dealkylation sites (N-methyl/N-ethyl adjacent to an activating group) is 1. The van der Waals surface area contributed by atoms with E-state index < -0.39 is 0 Å². The van der Waals surface area contributed by atoms with E-state index in [4.69, 9.17) is 11.6 Å². The van der Waals surface area contributed by atoms with Crippen LogP contribution < -0.4 is 10.9 Å². The van der Waals surface area contributed by atoms with Crippen LogP contribution in [0.25, 0.3) is 10.9 Å². The second-order valence-corrected chi connectivity index (χ2v) is 7.11. The third kappa shape index (κ3) is 4.97. The highest BCUT2D eigenvalue weighted by Gasteiger charge is 2.15. The maximum atomic E-state index is 12.5. The number of H-pyrrole nitrogens is 1. The van der Waals surface area contributed by atoms with Gasteiger partial charge in [0.15, 0.2) is 0 Å². The number of rotatable bonds is 7. The monoisotopic (exact) mass is 398 g/mol. The molecule has 0 saturated carbocycles. The van der Waals surface area contributed by atoms with Crippen molar-refractivity contribution in [1.82, 2.24) is 20.2 Å². The van der Waals surface area contributed by atoms with Crippen molar-refractivity contribution < 1.29 is 4.79 Å². The van der Waals surface area contributed by atoms with Crippen LogP contribution in [0.5, 0.6) is 0 Å². The average molecular weight is 399 g/mol. The van der Waals surface area contributed by atoms with E-state index in [0.29, 0.717) is 34.8 Å². The van der Waals surface area contributed by atoms with E-state index in [0.717, 1.165) is 5.56 Å². The van der Waals surface area contributed by atoms with Crippen LogP contribution in [0.4, 0.5) is 0 Å². The second kappa shape index (κ2) is 8.99. The Bertz CT molecular complexity index is 1020. The number of nitrogens with one attached hydrogen (secondary N) is 2. The van der Waals surface area contributed by atoms with Gasteiger partial charge in [-0.2, -0.15) is 0 Å². The molecular weight excluding hydrogens is 376 g/mol. The molecule has 0 spiro atoms. The van der Waals surface area contributed by atoms with Gasteiger partial charge < -0.3 is 10.3 Å². The van der Waals surface area contributed by atoms with Gasteiger partial charge >= 0.3 is 0 Å². The van der Waals surface area contributed by atoms with Crippen LogP contribution in [0.2, 0.25) is 5.02 Å². The first kappa shape index (κ1) is 20.0. The van der Waals surface area contributed by atoms with E-state index in [9.17, 15) is 9.59 Å². The van der Waals surface area contributed by atoms with Crippen molar-refractivity contribution in [2.75, 3.05) is 13.1 Å². The van der Waals surface area contributed by atoms with Crippen LogP contribution in [-0.4, -0.2) is 33.9 Å². The van der Waals surface area contributed by atoms with Crippen LogP contribution >= 0.6 is 11.6 Å². The molecule has 0 aliphatic heterocycles. The van der Waals surface area contributed by atoms with Crippen molar-refractivity contribution in [1.29, 1.82) is 0 Å². The number of fused-ring (bicyclic) bond motifs is 1. The third-order valence-corrected chi connectivity index (χ3v) is 4.85. The minimum absolute atomic E-state index is 0.0903. The molecule has 0 aliphatic carbocycles. The molecule has 0 fully saturated rings. The number of amides is 1. The van der Waals surface area contributed by atoms with Crippen LogP contribution in [-0.2, 0) is 11.3 Å². The summed E-state index contributed by atoms with van der Waals surface area (Å²) in [5.41, 5.74) is 1.47. The Hall–Kier alpha value is -2.70. The van der Waals surface area contributed by atoms with Crippen molar-refractivity contribution in [3.05, 3.63) is 75.3 Å². The molecule has 0 radical (unpaired) electrons. The SMILES string of the molecule is CCN(CC(=O)N[C@H](C)c1ccc(Cl)cc1)Cc1nc2ccccc2c(=O)[nH]1. The fourth-order valence-corrected chi connectivity index (χ4v) is 3.15. The zero-order valence-electron chi connectivity index (χ0n) is 15.9. The molecule has 0 saturated heterocycles. The van der Waals surface area contributed by atoms with E-state index in [2.05, 4.69) is 15.3 Å². The summed E-state index contributed by atoms with van der Waals surface area (Å²) in [4.78, 5) is 33.9. The van der Waals surface area contributed by atoms with Crippen LogP contribution in [0.3, 0.4) is 0 Å². The number of hydrogen-bond donors (Lipinski definition) is 2. The molecule has 6 nitrogen and oxygen atoms in total. The lowest BCUT2D eigenvalue weighted by atomic mass is 10.1. The summed E-state index contributed by atoms with van der Waals surface area (Å²) in [7, 11) is 0. The highest BCUT2D eigenvalue weighted by molar-refractivity contribution is 6.30. The number of halogens is 1. The zero-order valence-corrected chi connectivity index (χ0v) is 16.7. The molecule has 1 aromatic heterocycles. The normalized spacial score (nSPS) is 12.3. The largest absolute Gasteiger partial charge is 0.348 e. The quantitative estimate of drug-likeness (QED) is 0.640. The number of carbonyl (C=O) groups excluding carboxylic acids is 1. The molecule has 1 atom stereocenters. The van der Waals surface area contributed by atoms with Gasteiger partial charge in [-0.3, -0.25) is 14.5 Å². The number of benzene rings is 2. The summed E-state index contributed by atoms with van der Waals surface area (Å²) in [5, 5.41) is 4.21. The highest BCUT2D eigenvalue weighted by atomic mass is 35.5. The maximum absolute atomic E-state index is 12.5. The number of aromatic nitrogens is 2. The molecule has 3 rings (SSSR count). The van der Waals surface area contributed by atoms with Crippen molar-refractivity contribution in [2.45, 2.75) is 26.4 Å². The fourth-order valence-electron chi connectivity index (χ4n) is 3.03. The minimum Gasteiger partial charge on any atom is -0.348 e. The Labute approximate surface area is 168 Å². The van der Waals surface area contributed by atoms with Crippen LogP contribution in [0.15, 0.2) is 53.3 Å². The van der Waals surface area contributed by atoms with Crippen LogP contribution in [0, 0.1) is 0 Å². The van der Waals surface area contributed by atoms with Crippen molar-refractivity contribution in [3.63, 3.8) is 0 Å². The summed E-state index contributed by atoms with van der Waals surface area (Å²) < 4.78 is 0. The van der Waals surface area contributed by atoms with Gasteiger partial charge in [-0.05, 0) is 43.3 Å². The molecule has 28 heavy (non-hydrogen) atoms. The summed E-state index contributed by atoms with van der Waals surface area (Å²) in [5.74, 6) is 0.455. The lowest BCUT2D eigenvalue weighted by molar-refractivity contribution is -0.123. The zero-order chi connectivity index (χ0) is 20.1. The topological polar surface area (TPSA) is 78.1 Å². The van der Waals surface area contributed by atoms with Gasteiger partial charge in [0.25, 0.3) is 5.56 Å². The molecule has 1 amide bonds. The van der Waals surface area contributed by atoms with Gasteiger partial charge in [0, 0.05) is 5.02 Å². The van der Waals surface area contributed by atoms with Gasteiger partial charge in [0.2, 0.25) is 5.91 Å². The number of hydrogen-bond acceptors (Lipinski definition) is 4. The van der Waals surface area contributed by atoms with Gasteiger partial charge in [-0.1, -0.05) is 42.8 Å². The highest BCUT2D eigenvalue weighted by Crippen LogP contribution is 2.16. The maximum Gasteiger partial charge on any atom is 0.258 e. The molecule has 0 aliphatic rings. The summed E-state index contributed by atoms with van der Waals surface area (Å²) in [6.45, 7) is 5.15. The smallest absolute Gasteiger partial charge is 0.258 e. The Balaban J connectivity index is 1.64. The fraction of sp³-hybridized carbons (Fsp3) is 0.286. The van der Waals surface area contributed by atoms with Crippen molar-refractivity contribution in [3.8, 4) is 0 Å². The molecule has 7 heteroatoms. The second-order valence-electron chi connectivity index (χ2n) is 6.67. The molecule has 3 aromatic rings. The Kier molecular flexibility index (Phi) is 6.44. The first-order valence-electron chi connectivity index (χ1n) is 9.21. The van der Waals surface area contributed by atoms with Crippen LogP contribution in [0.1, 0.15) is 31.3 Å². The Morgan fingerprint density at radius 3 is 2.64 bits per heavy atom. The van der Waals surface area contributed by atoms with E-state index in [1.165, 1.54) is 0 Å². The standard InChI is InChI=1S/C21H23ClN4O2/c1-3-26(12-19-24-18-7-5-4-6-17(18)21(28)25-19)13-20(27)23-14(2)15-8-10-16(22)11-9-15/h4-11,14H,3,12-13H2,1-2H3,(H,23,27)(H,24,25,28)/t14-/m1/s1. The summed E-state index contributed by atoms with van der Waals surface area (Å²) in [6, 6.07) is 14.5.